The van der Waals surface area contributed by atoms with Crippen LogP contribution in [0, 0.1) is 0 Å². The summed E-state index contributed by atoms with van der Waals surface area (Å²) in [7, 11) is 2.25. The normalized spacial score (nSPS) is 26.4. The van der Waals surface area contributed by atoms with Crippen molar-refractivity contribution in [3.63, 3.8) is 0 Å². The minimum Gasteiger partial charge on any atom is -0.394 e. The molecule has 2 N–H and O–H groups in total. The van der Waals surface area contributed by atoms with Gasteiger partial charge in [-0.25, -0.2) is 0 Å². The van der Waals surface area contributed by atoms with Crippen LogP contribution in [0.15, 0.2) is 0 Å². The van der Waals surface area contributed by atoms with Crippen LogP contribution >= 0.6 is 0 Å². The largest absolute Gasteiger partial charge is 0.394 e. The molecular weight excluding hydrogens is 262 g/mol. The van der Waals surface area contributed by atoms with Gasteiger partial charge in [0.2, 0.25) is 0 Å². The van der Waals surface area contributed by atoms with Crippen molar-refractivity contribution < 1.29 is 5.11 Å². The Morgan fingerprint density at radius 3 is 2.71 bits per heavy atom. The van der Waals surface area contributed by atoms with Crippen molar-refractivity contribution in [2.45, 2.75) is 70.0 Å². The highest BCUT2D eigenvalue weighted by Gasteiger charge is 2.31. The lowest BCUT2D eigenvalue weighted by Crippen LogP contribution is -2.47. The van der Waals surface area contributed by atoms with Gasteiger partial charge in [-0.15, -0.1) is 0 Å². The van der Waals surface area contributed by atoms with E-state index in [4.69, 9.17) is 0 Å². The number of aliphatic hydroxyl groups excluding tert-OH is 1. The second kappa shape index (κ2) is 7.91. The molecule has 0 spiro atoms. The molecule has 1 aliphatic heterocycles. The van der Waals surface area contributed by atoms with Crippen molar-refractivity contribution in [1.82, 2.24) is 15.1 Å². The Labute approximate surface area is 130 Å². The lowest BCUT2D eigenvalue weighted by molar-refractivity contribution is 0.151. The molecule has 2 fully saturated rings. The number of hydrogen-bond acceptors (Lipinski definition) is 4. The van der Waals surface area contributed by atoms with E-state index in [1.807, 2.05) is 0 Å². The Morgan fingerprint density at radius 1 is 1.33 bits per heavy atom. The molecule has 0 aromatic heterocycles. The monoisotopic (exact) mass is 297 g/mol. The number of hydrogen-bond donors (Lipinski definition) is 2. The van der Waals surface area contributed by atoms with Crippen LogP contribution in [0.5, 0.6) is 0 Å². The van der Waals surface area contributed by atoms with Crippen molar-refractivity contribution in [2.24, 2.45) is 0 Å². The van der Waals surface area contributed by atoms with Gasteiger partial charge in [0.15, 0.2) is 0 Å². The van der Waals surface area contributed by atoms with Gasteiger partial charge in [0.1, 0.15) is 0 Å². The highest BCUT2D eigenvalue weighted by molar-refractivity contribution is 4.92. The molecule has 4 heteroatoms. The Kier molecular flexibility index (Phi) is 6.48. The summed E-state index contributed by atoms with van der Waals surface area (Å²) in [5.74, 6) is 0. The Balaban J connectivity index is 1.64. The number of nitrogens with one attached hydrogen (secondary N) is 1. The van der Waals surface area contributed by atoms with Gasteiger partial charge in [-0.2, -0.15) is 0 Å². The van der Waals surface area contributed by atoms with E-state index < -0.39 is 0 Å². The van der Waals surface area contributed by atoms with Crippen LogP contribution in [0.2, 0.25) is 0 Å². The predicted octanol–water partition coefficient (Wildman–Crippen LogP) is 1.69. The molecule has 0 aromatic rings. The first-order chi connectivity index (χ1) is 10.1. The van der Waals surface area contributed by atoms with E-state index in [1.165, 1.54) is 45.3 Å². The summed E-state index contributed by atoms with van der Waals surface area (Å²) in [6.45, 7) is 9.49. The second-order valence-corrected chi connectivity index (χ2v) is 7.43. The minimum absolute atomic E-state index is 0.0786. The SMILES string of the molecule is CCN1CCCC1CN(C)CCCC(C)(CO)NC1CC1. The van der Waals surface area contributed by atoms with Crippen molar-refractivity contribution in [3.05, 3.63) is 0 Å². The third-order valence-electron chi connectivity index (χ3n) is 5.17. The maximum Gasteiger partial charge on any atom is 0.0610 e. The highest BCUT2D eigenvalue weighted by atomic mass is 16.3. The van der Waals surface area contributed by atoms with Gasteiger partial charge in [0.05, 0.1) is 6.61 Å². The summed E-state index contributed by atoms with van der Waals surface area (Å²) < 4.78 is 0. The van der Waals surface area contributed by atoms with Crippen LogP contribution in [-0.4, -0.2) is 72.4 Å². The fraction of sp³-hybridized carbons (Fsp3) is 1.00. The zero-order valence-corrected chi connectivity index (χ0v) is 14.3. The molecule has 0 bridgehead atoms. The highest BCUT2D eigenvalue weighted by Crippen LogP contribution is 2.24. The molecule has 0 radical (unpaired) electrons. The maximum absolute atomic E-state index is 9.64. The van der Waals surface area contributed by atoms with E-state index in [9.17, 15) is 5.11 Å². The summed E-state index contributed by atoms with van der Waals surface area (Å²) in [6.07, 6.45) is 7.50. The number of likely N-dealkylation sites (N-methyl/N-ethyl adjacent to an activating group) is 2. The minimum atomic E-state index is -0.0786. The molecule has 2 atom stereocenters. The summed E-state index contributed by atoms with van der Waals surface area (Å²) >= 11 is 0. The average Bonchev–Trinajstić information content (AvgIpc) is 3.15. The van der Waals surface area contributed by atoms with E-state index in [-0.39, 0.29) is 12.1 Å². The molecule has 0 amide bonds. The average molecular weight is 297 g/mol. The molecule has 1 saturated heterocycles. The Morgan fingerprint density at radius 2 is 2.10 bits per heavy atom. The van der Waals surface area contributed by atoms with Crippen LogP contribution in [-0.2, 0) is 0 Å². The topological polar surface area (TPSA) is 38.7 Å². The van der Waals surface area contributed by atoms with Gasteiger partial charge < -0.3 is 15.3 Å². The molecule has 21 heavy (non-hydrogen) atoms. The van der Waals surface area contributed by atoms with Crippen molar-refractivity contribution in [1.29, 1.82) is 0 Å². The first-order valence-electron chi connectivity index (χ1n) is 8.87. The molecule has 2 unspecified atom stereocenters. The molecule has 1 aliphatic carbocycles. The zero-order chi connectivity index (χ0) is 15.3. The summed E-state index contributed by atoms with van der Waals surface area (Å²) in [6, 6.07) is 1.42. The molecule has 1 heterocycles. The molecule has 4 nitrogen and oxygen atoms in total. The van der Waals surface area contributed by atoms with E-state index in [0.717, 1.165) is 25.4 Å². The third-order valence-corrected chi connectivity index (χ3v) is 5.17. The number of likely N-dealkylation sites (tertiary alicyclic amines) is 1. The molecule has 2 aliphatic rings. The van der Waals surface area contributed by atoms with E-state index in [0.29, 0.717) is 6.04 Å². The zero-order valence-electron chi connectivity index (χ0n) is 14.3. The smallest absolute Gasteiger partial charge is 0.0610 e. The van der Waals surface area contributed by atoms with Gasteiger partial charge in [-0.3, -0.25) is 4.90 Å². The molecule has 1 saturated carbocycles. The molecule has 124 valence electrons. The predicted molar refractivity (Wildman–Crippen MR) is 88.6 cm³/mol. The summed E-state index contributed by atoms with van der Waals surface area (Å²) in [5, 5.41) is 13.2. The first kappa shape index (κ1) is 17.2. The first-order valence-corrected chi connectivity index (χ1v) is 8.87. The lowest BCUT2D eigenvalue weighted by atomic mass is 9.96. The van der Waals surface area contributed by atoms with E-state index in [2.05, 4.69) is 36.0 Å². The fourth-order valence-corrected chi connectivity index (χ4v) is 3.63. The number of rotatable bonds is 10. The van der Waals surface area contributed by atoms with Crippen molar-refractivity contribution in [2.75, 3.05) is 39.8 Å². The lowest BCUT2D eigenvalue weighted by Gasteiger charge is -2.31. The second-order valence-electron chi connectivity index (χ2n) is 7.43. The van der Waals surface area contributed by atoms with E-state index in [1.54, 1.807) is 0 Å². The summed E-state index contributed by atoms with van der Waals surface area (Å²) in [4.78, 5) is 5.09. The standard InChI is InChI=1S/C17H35N3O/c1-4-20-12-5-7-16(20)13-19(3)11-6-10-17(2,14-21)18-15-8-9-15/h15-16,18,21H,4-14H2,1-3H3. The van der Waals surface area contributed by atoms with Crippen LogP contribution in [0.1, 0.15) is 52.4 Å². The Bertz CT molecular complexity index is 308. The molecule has 2 rings (SSSR count). The van der Waals surface area contributed by atoms with Gasteiger partial charge in [-0.1, -0.05) is 6.92 Å². The van der Waals surface area contributed by atoms with E-state index >= 15 is 0 Å². The van der Waals surface area contributed by atoms with Crippen LogP contribution in [0.3, 0.4) is 0 Å². The fourth-order valence-electron chi connectivity index (χ4n) is 3.63. The molecule has 0 aromatic carbocycles. The Hall–Kier alpha value is -0.160. The third kappa shape index (κ3) is 5.51. The van der Waals surface area contributed by atoms with Gasteiger partial charge >= 0.3 is 0 Å². The van der Waals surface area contributed by atoms with Crippen LogP contribution < -0.4 is 5.32 Å². The number of aliphatic hydroxyl groups is 1. The van der Waals surface area contributed by atoms with Crippen molar-refractivity contribution >= 4 is 0 Å². The number of nitrogens with zero attached hydrogens (tertiary/aromatic N) is 2. The van der Waals surface area contributed by atoms with Crippen molar-refractivity contribution in [3.8, 4) is 0 Å². The van der Waals surface area contributed by atoms with Gasteiger partial charge in [0, 0.05) is 24.2 Å². The van der Waals surface area contributed by atoms with Crippen LogP contribution in [0.25, 0.3) is 0 Å². The van der Waals surface area contributed by atoms with Gasteiger partial charge in [0.25, 0.3) is 0 Å². The maximum atomic E-state index is 9.64. The van der Waals surface area contributed by atoms with Crippen LogP contribution in [0.4, 0.5) is 0 Å². The quantitative estimate of drug-likeness (QED) is 0.643. The van der Waals surface area contributed by atoms with Gasteiger partial charge in [-0.05, 0) is 72.1 Å². The summed E-state index contributed by atoms with van der Waals surface area (Å²) in [5.41, 5.74) is -0.0786. The molecular formula is C17H35N3O.